The van der Waals surface area contributed by atoms with Gasteiger partial charge in [-0.25, -0.2) is 4.79 Å². The summed E-state index contributed by atoms with van der Waals surface area (Å²) in [5.41, 5.74) is 1.31. The molecule has 3 nitrogen and oxygen atoms in total. The zero-order valence-corrected chi connectivity index (χ0v) is 11.1. The number of rotatable bonds is 8. The zero-order valence-electron chi connectivity index (χ0n) is 11.1. The second-order valence-electron chi connectivity index (χ2n) is 4.26. The van der Waals surface area contributed by atoms with Gasteiger partial charge in [-0.1, -0.05) is 17.7 Å². The van der Waals surface area contributed by atoms with Gasteiger partial charge in [0.1, 0.15) is 0 Å². The van der Waals surface area contributed by atoms with Crippen molar-refractivity contribution in [3.63, 3.8) is 0 Å². The number of hydrogen-bond donors (Lipinski definition) is 1. The average Bonchev–Trinajstić information content (AvgIpc) is 2.24. The number of carbonyl (C=O) groups is 1. The maximum Gasteiger partial charge on any atom is 0.330 e. The first kappa shape index (κ1) is 15.9. The third-order valence-electron chi connectivity index (χ3n) is 2.24. The molecule has 0 aromatic carbocycles. The van der Waals surface area contributed by atoms with Gasteiger partial charge in [-0.2, -0.15) is 0 Å². The van der Waals surface area contributed by atoms with E-state index in [1.54, 1.807) is 13.0 Å². The first-order chi connectivity index (χ1) is 8.06. The standard InChI is InChI=1S/C14H24O3/c1-4-17-14(16)11-7-10-13(15)9-6-5-8-12(2)3/h7-8,11,13,15H,4-6,9-10H2,1-3H3/b11-7+/t13-/m0/s1. The molecular weight excluding hydrogens is 216 g/mol. The Labute approximate surface area is 104 Å². The molecule has 1 atom stereocenters. The average molecular weight is 240 g/mol. The summed E-state index contributed by atoms with van der Waals surface area (Å²) < 4.78 is 4.73. The molecule has 98 valence electrons. The topological polar surface area (TPSA) is 46.5 Å². The summed E-state index contributed by atoms with van der Waals surface area (Å²) in [6.45, 7) is 6.29. The van der Waals surface area contributed by atoms with Gasteiger partial charge < -0.3 is 9.84 Å². The number of ether oxygens (including phenoxy) is 1. The van der Waals surface area contributed by atoms with E-state index in [1.165, 1.54) is 11.6 Å². The van der Waals surface area contributed by atoms with Crippen molar-refractivity contribution in [1.29, 1.82) is 0 Å². The number of carbonyl (C=O) groups excluding carboxylic acids is 1. The zero-order chi connectivity index (χ0) is 13.1. The van der Waals surface area contributed by atoms with Gasteiger partial charge in [0.2, 0.25) is 0 Å². The third kappa shape index (κ3) is 11.2. The Morgan fingerprint density at radius 1 is 1.41 bits per heavy atom. The summed E-state index contributed by atoms with van der Waals surface area (Å²) in [7, 11) is 0. The van der Waals surface area contributed by atoms with Crippen molar-refractivity contribution < 1.29 is 14.6 Å². The van der Waals surface area contributed by atoms with E-state index >= 15 is 0 Å². The number of aliphatic hydroxyl groups excluding tert-OH is 1. The van der Waals surface area contributed by atoms with Crippen LogP contribution in [0, 0.1) is 0 Å². The molecule has 0 rings (SSSR count). The van der Waals surface area contributed by atoms with Crippen molar-refractivity contribution in [3.05, 3.63) is 23.8 Å². The Kier molecular flexibility index (Phi) is 9.44. The predicted molar refractivity (Wildman–Crippen MR) is 69.7 cm³/mol. The quantitative estimate of drug-likeness (QED) is 0.307. The lowest BCUT2D eigenvalue weighted by molar-refractivity contribution is -0.137. The van der Waals surface area contributed by atoms with Crippen LogP contribution >= 0.6 is 0 Å². The highest BCUT2D eigenvalue weighted by Crippen LogP contribution is 2.07. The molecule has 0 spiro atoms. The van der Waals surface area contributed by atoms with E-state index in [1.807, 2.05) is 0 Å². The lowest BCUT2D eigenvalue weighted by Gasteiger charge is -2.06. The SMILES string of the molecule is CCOC(=O)/C=C/C[C@@H](O)CCCC=C(C)C. The van der Waals surface area contributed by atoms with Gasteiger partial charge in [0, 0.05) is 6.08 Å². The molecule has 3 heteroatoms. The van der Waals surface area contributed by atoms with Crippen molar-refractivity contribution in [2.45, 2.75) is 52.6 Å². The molecule has 0 heterocycles. The normalized spacial score (nSPS) is 12.5. The maximum absolute atomic E-state index is 11.0. The number of esters is 1. The van der Waals surface area contributed by atoms with Crippen LogP contribution in [0.15, 0.2) is 23.8 Å². The van der Waals surface area contributed by atoms with E-state index < -0.39 is 0 Å². The molecule has 17 heavy (non-hydrogen) atoms. The molecule has 0 aliphatic carbocycles. The van der Waals surface area contributed by atoms with Gasteiger partial charge in [0.25, 0.3) is 0 Å². The van der Waals surface area contributed by atoms with Crippen LogP contribution in [0.4, 0.5) is 0 Å². The summed E-state index contributed by atoms with van der Waals surface area (Å²) in [4.78, 5) is 11.0. The van der Waals surface area contributed by atoms with Crippen molar-refractivity contribution in [2.24, 2.45) is 0 Å². The van der Waals surface area contributed by atoms with E-state index in [2.05, 4.69) is 19.9 Å². The Bertz CT molecular complexity index is 263. The van der Waals surface area contributed by atoms with Crippen molar-refractivity contribution >= 4 is 5.97 Å². The fraction of sp³-hybridized carbons (Fsp3) is 0.643. The van der Waals surface area contributed by atoms with Crippen LogP contribution in [0.5, 0.6) is 0 Å². The minimum Gasteiger partial charge on any atom is -0.463 e. The Morgan fingerprint density at radius 2 is 2.12 bits per heavy atom. The molecule has 0 aromatic rings. The van der Waals surface area contributed by atoms with Gasteiger partial charge in [-0.3, -0.25) is 0 Å². The van der Waals surface area contributed by atoms with Gasteiger partial charge in [0.15, 0.2) is 0 Å². The molecule has 0 radical (unpaired) electrons. The first-order valence-electron chi connectivity index (χ1n) is 6.21. The Hall–Kier alpha value is -1.09. The molecule has 0 aliphatic heterocycles. The minimum absolute atomic E-state index is 0.343. The van der Waals surface area contributed by atoms with Gasteiger partial charge in [-0.15, -0.1) is 0 Å². The molecule has 0 amide bonds. The Balaban J connectivity index is 3.62. The van der Waals surface area contributed by atoms with Crippen LogP contribution in [0.2, 0.25) is 0 Å². The largest absolute Gasteiger partial charge is 0.463 e. The molecule has 0 saturated carbocycles. The van der Waals surface area contributed by atoms with Crippen LogP contribution < -0.4 is 0 Å². The molecule has 0 fully saturated rings. The second kappa shape index (κ2) is 10.1. The molecule has 0 aromatic heterocycles. The third-order valence-corrected chi connectivity index (χ3v) is 2.24. The highest BCUT2D eigenvalue weighted by Gasteiger charge is 2.01. The minimum atomic E-state index is -0.369. The number of unbranched alkanes of at least 4 members (excludes halogenated alkanes) is 1. The smallest absolute Gasteiger partial charge is 0.330 e. The summed E-state index contributed by atoms with van der Waals surface area (Å²) in [6, 6.07) is 0. The molecule has 0 aliphatic rings. The van der Waals surface area contributed by atoms with Crippen molar-refractivity contribution in [2.75, 3.05) is 6.61 Å². The molecule has 1 N–H and O–H groups in total. The van der Waals surface area contributed by atoms with Crippen LogP contribution in [0.1, 0.15) is 46.5 Å². The lowest BCUT2D eigenvalue weighted by Crippen LogP contribution is -2.05. The van der Waals surface area contributed by atoms with Crippen LogP contribution in [-0.2, 0) is 9.53 Å². The number of hydrogen-bond acceptors (Lipinski definition) is 3. The maximum atomic E-state index is 11.0. The highest BCUT2D eigenvalue weighted by atomic mass is 16.5. The molecule has 0 unspecified atom stereocenters. The summed E-state index contributed by atoms with van der Waals surface area (Å²) in [6.07, 6.45) is 8.09. The Morgan fingerprint density at radius 3 is 2.71 bits per heavy atom. The van der Waals surface area contributed by atoms with Gasteiger partial charge in [-0.05, 0) is 46.5 Å². The monoisotopic (exact) mass is 240 g/mol. The molecular formula is C14H24O3. The molecule has 0 bridgehead atoms. The van der Waals surface area contributed by atoms with E-state index in [9.17, 15) is 9.90 Å². The van der Waals surface area contributed by atoms with Crippen molar-refractivity contribution in [1.82, 2.24) is 0 Å². The van der Waals surface area contributed by atoms with E-state index in [4.69, 9.17) is 4.74 Å². The number of aliphatic hydroxyl groups is 1. The summed E-state index contributed by atoms with van der Waals surface area (Å²) in [5, 5.41) is 9.63. The van der Waals surface area contributed by atoms with Crippen LogP contribution in [0.3, 0.4) is 0 Å². The highest BCUT2D eigenvalue weighted by molar-refractivity contribution is 5.81. The van der Waals surface area contributed by atoms with E-state index in [0.29, 0.717) is 13.0 Å². The molecule has 0 saturated heterocycles. The van der Waals surface area contributed by atoms with Crippen LogP contribution in [-0.4, -0.2) is 23.8 Å². The summed E-state index contributed by atoms with van der Waals surface area (Å²) >= 11 is 0. The fourth-order valence-corrected chi connectivity index (χ4v) is 1.37. The van der Waals surface area contributed by atoms with E-state index in [0.717, 1.165) is 19.3 Å². The van der Waals surface area contributed by atoms with Gasteiger partial charge >= 0.3 is 5.97 Å². The first-order valence-corrected chi connectivity index (χ1v) is 6.21. The van der Waals surface area contributed by atoms with Gasteiger partial charge in [0.05, 0.1) is 12.7 Å². The van der Waals surface area contributed by atoms with Crippen LogP contribution in [0.25, 0.3) is 0 Å². The second-order valence-corrected chi connectivity index (χ2v) is 4.26. The lowest BCUT2D eigenvalue weighted by atomic mass is 10.1. The van der Waals surface area contributed by atoms with E-state index in [-0.39, 0.29) is 12.1 Å². The predicted octanol–water partition coefficient (Wildman–Crippen LogP) is 2.99. The number of allylic oxidation sites excluding steroid dienone is 2. The summed E-state index contributed by atoms with van der Waals surface area (Å²) in [5.74, 6) is -0.343. The fourth-order valence-electron chi connectivity index (χ4n) is 1.37. The van der Waals surface area contributed by atoms with Crippen molar-refractivity contribution in [3.8, 4) is 0 Å².